The maximum Gasteiger partial charge on any atom is 0.0776 e. The summed E-state index contributed by atoms with van der Waals surface area (Å²) >= 11 is 0. The molecule has 0 bridgehead atoms. The van der Waals surface area contributed by atoms with Crippen LogP contribution in [-0.2, 0) is 4.74 Å². The summed E-state index contributed by atoms with van der Waals surface area (Å²) in [7, 11) is 0. The zero-order valence-electron chi connectivity index (χ0n) is 9.33. The molecule has 0 aliphatic carbocycles. The molecule has 0 radical (unpaired) electrons. The van der Waals surface area contributed by atoms with Gasteiger partial charge in [0.25, 0.3) is 0 Å². The maximum atomic E-state index is 9.70. The molecule has 2 N–H and O–H groups in total. The lowest BCUT2D eigenvalue weighted by atomic mass is 9.94. The van der Waals surface area contributed by atoms with E-state index < -0.39 is 0 Å². The molecule has 0 amide bonds. The molecule has 3 heteroatoms. The summed E-state index contributed by atoms with van der Waals surface area (Å²) in [6.07, 6.45) is 3.28. The number of piperidine rings is 1. The van der Waals surface area contributed by atoms with Crippen LogP contribution in [0.2, 0.25) is 0 Å². The van der Waals surface area contributed by atoms with E-state index >= 15 is 0 Å². The van der Waals surface area contributed by atoms with Gasteiger partial charge >= 0.3 is 0 Å². The standard InChI is InChI=1S/C11H23NO2/c1-9(2)14-8-11(13)6-10-4-3-5-12-7-10/h9-13H,3-8H2,1-2H3. The summed E-state index contributed by atoms with van der Waals surface area (Å²) in [5.41, 5.74) is 0. The van der Waals surface area contributed by atoms with Crippen molar-refractivity contribution in [2.45, 2.75) is 45.3 Å². The van der Waals surface area contributed by atoms with Crippen molar-refractivity contribution in [2.75, 3.05) is 19.7 Å². The molecule has 14 heavy (non-hydrogen) atoms. The Labute approximate surface area is 86.8 Å². The van der Waals surface area contributed by atoms with Gasteiger partial charge in [0, 0.05) is 0 Å². The lowest BCUT2D eigenvalue weighted by Gasteiger charge is -2.25. The highest BCUT2D eigenvalue weighted by atomic mass is 16.5. The molecule has 0 aromatic rings. The second-order valence-electron chi connectivity index (χ2n) is 4.48. The van der Waals surface area contributed by atoms with Crippen LogP contribution < -0.4 is 5.32 Å². The van der Waals surface area contributed by atoms with E-state index in [1.165, 1.54) is 12.8 Å². The summed E-state index contributed by atoms with van der Waals surface area (Å²) in [5.74, 6) is 0.634. The van der Waals surface area contributed by atoms with Crippen molar-refractivity contribution in [2.24, 2.45) is 5.92 Å². The average Bonchev–Trinajstić information content (AvgIpc) is 2.16. The third-order valence-corrected chi connectivity index (χ3v) is 2.63. The van der Waals surface area contributed by atoms with Gasteiger partial charge in [0.1, 0.15) is 0 Å². The minimum atomic E-state index is -0.290. The summed E-state index contributed by atoms with van der Waals surface area (Å²) in [4.78, 5) is 0. The normalized spacial score (nSPS) is 25.3. The van der Waals surface area contributed by atoms with Crippen LogP contribution in [0.4, 0.5) is 0 Å². The van der Waals surface area contributed by atoms with Crippen molar-refractivity contribution < 1.29 is 9.84 Å². The topological polar surface area (TPSA) is 41.5 Å². The van der Waals surface area contributed by atoms with Crippen LogP contribution in [0.15, 0.2) is 0 Å². The van der Waals surface area contributed by atoms with E-state index in [4.69, 9.17) is 4.74 Å². The first-order valence-corrected chi connectivity index (χ1v) is 5.69. The molecule has 1 aliphatic heterocycles. The van der Waals surface area contributed by atoms with Crippen molar-refractivity contribution in [3.05, 3.63) is 0 Å². The fourth-order valence-electron chi connectivity index (χ4n) is 1.88. The van der Waals surface area contributed by atoms with Crippen molar-refractivity contribution in [1.82, 2.24) is 5.32 Å². The van der Waals surface area contributed by atoms with Gasteiger partial charge < -0.3 is 15.2 Å². The smallest absolute Gasteiger partial charge is 0.0776 e. The van der Waals surface area contributed by atoms with Crippen LogP contribution in [-0.4, -0.2) is 37.0 Å². The zero-order chi connectivity index (χ0) is 10.4. The fourth-order valence-corrected chi connectivity index (χ4v) is 1.88. The molecule has 1 rings (SSSR count). The van der Waals surface area contributed by atoms with Crippen LogP contribution in [0.25, 0.3) is 0 Å². The Bertz CT molecular complexity index is 144. The molecule has 2 unspecified atom stereocenters. The summed E-state index contributed by atoms with van der Waals surface area (Å²) in [6.45, 7) is 6.66. The van der Waals surface area contributed by atoms with E-state index in [1.807, 2.05) is 13.8 Å². The highest BCUT2D eigenvalue weighted by molar-refractivity contribution is 4.72. The van der Waals surface area contributed by atoms with Gasteiger partial charge in [-0.2, -0.15) is 0 Å². The molecule has 2 atom stereocenters. The maximum absolute atomic E-state index is 9.70. The van der Waals surface area contributed by atoms with Gasteiger partial charge in [-0.25, -0.2) is 0 Å². The zero-order valence-corrected chi connectivity index (χ0v) is 9.33. The molecular formula is C11H23NO2. The van der Waals surface area contributed by atoms with Gasteiger partial charge in [0.05, 0.1) is 18.8 Å². The SMILES string of the molecule is CC(C)OCC(O)CC1CCCNC1. The van der Waals surface area contributed by atoms with Crippen molar-refractivity contribution >= 4 is 0 Å². The lowest BCUT2D eigenvalue weighted by Crippen LogP contribution is -2.33. The molecule has 0 aromatic carbocycles. The summed E-state index contributed by atoms with van der Waals surface area (Å²) in [6, 6.07) is 0. The first-order valence-electron chi connectivity index (χ1n) is 5.69. The minimum absolute atomic E-state index is 0.217. The molecular weight excluding hydrogens is 178 g/mol. The third-order valence-electron chi connectivity index (χ3n) is 2.63. The summed E-state index contributed by atoms with van der Waals surface area (Å²) in [5, 5.41) is 13.1. The molecule has 84 valence electrons. The Balaban J connectivity index is 2.09. The van der Waals surface area contributed by atoms with E-state index in [-0.39, 0.29) is 12.2 Å². The molecule has 1 fully saturated rings. The Morgan fingerprint density at radius 1 is 1.50 bits per heavy atom. The number of rotatable bonds is 5. The minimum Gasteiger partial charge on any atom is -0.391 e. The number of aliphatic hydroxyl groups is 1. The Kier molecular flexibility index (Phi) is 5.45. The van der Waals surface area contributed by atoms with Gasteiger partial charge in [0.15, 0.2) is 0 Å². The molecule has 0 saturated carbocycles. The van der Waals surface area contributed by atoms with Crippen LogP contribution in [0.5, 0.6) is 0 Å². The summed E-state index contributed by atoms with van der Waals surface area (Å²) < 4.78 is 5.37. The second kappa shape index (κ2) is 6.38. The van der Waals surface area contributed by atoms with Crippen molar-refractivity contribution in [1.29, 1.82) is 0 Å². The Morgan fingerprint density at radius 2 is 2.29 bits per heavy atom. The fraction of sp³-hybridized carbons (Fsp3) is 1.00. The van der Waals surface area contributed by atoms with E-state index in [0.717, 1.165) is 19.5 Å². The molecule has 0 spiro atoms. The largest absolute Gasteiger partial charge is 0.391 e. The van der Waals surface area contributed by atoms with Crippen LogP contribution in [0.1, 0.15) is 33.1 Å². The van der Waals surface area contributed by atoms with Gasteiger partial charge in [-0.05, 0) is 52.1 Å². The van der Waals surface area contributed by atoms with Crippen molar-refractivity contribution in [3.63, 3.8) is 0 Å². The van der Waals surface area contributed by atoms with Crippen molar-refractivity contribution in [3.8, 4) is 0 Å². The van der Waals surface area contributed by atoms with Gasteiger partial charge in [0.2, 0.25) is 0 Å². The first-order chi connectivity index (χ1) is 6.68. The molecule has 0 aromatic heterocycles. The highest BCUT2D eigenvalue weighted by Crippen LogP contribution is 2.16. The van der Waals surface area contributed by atoms with Crippen LogP contribution in [0.3, 0.4) is 0 Å². The van der Waals surface area contributed by atoms with E-state index in [9.17, 15) is 5.11 Å². The lowest BCUT2D eigenvalue weighted by molar-refractivity contribution is -0.00496. The van der Waals surface area contributed by atoms with Gasteiger partial charge in [-0.3, -0.25) is 0 Å². The van der Waals surface area contributed by atoms with E-state index in [0.29, 0.717) is 12.5 Å². The second-order valence-corrected chi connectivity index (χ2v) is 4.48. The predicted molar refractivity (Wildman–Crippen MR) is 57.3 cm³/mol. The average molecular weight is 201 g/mol. The van der Waals surface area contributed by atoms with Gasteiger partial charge in [-0.15, -0.1) is 0 Å². The third kappa shape index (κ3) is 4.94. The van der Waals surface area contributed by atoms with E-state index in [2.05, 4.69) is 5.32 Å². The molecule has 1 aliphatic rings. The highest BCUT2D eigenvalue weighted by Gasteiger charge is 2.17. The number of hydrogen-bond acceptors (Lipinski definition) is 3. The molecule has 1 saturated heterocycles. The monoisotopic (exact) mass is 201 g/mol. The van der Waals surface area contributed by atoms with Crippen LogP contribution >= 0.6 is 0 Å². The van der Waals surface area contributed by atoms with Crippen LogP contribution in [0, 0.1) is 5.92 Å². The number of nitrogens with one attached hydrogen (secondary N) is 1. The van der Waals surface area contributed by atoms with Gasteiger partial charge in [-0.1, -0.05) is 0 Å². The number of hydrogen-bond donors (Lipinski definition) is 2. The Morgan fingerprint density at radius 3 is 2.86 bits per heavy atom. The molecule has 1 heterocycles. The molecule has 3 nitrogen and oxygen atoms in total. The Hall–Kier alpha value is -0.120. The van der Waals surface area contributed by atoms with E-state index in [1.54, 1.807) is 0 Å². The number of aliphatic hydroxyl groups excluding tert-OH is 1. The predicted octanol–water partition coefficient (Wildman–Crippen LogP) is 1.16. The number of ether oxygens (including phenoxy) is 1. The quantitative estimate of drug-likeness (QED) is 0.701. The first kappa shape index (κ1) is 12.0.